The van der Waals surface area contributed by atoms with E-state index < -0.39 is 0 Å². The van der Waals surface area contributed by atoms with E-state index in [2.05, 4.69) is 12.2 Å². The van der Waals surface area contributed by atoms with Crippen LogP contribution in [-0.4, -0.2) is 19.3 Å². The highest BCUT2D eigenvalue weighted by Crippen LogP contribution is 2.42. The van der Waals surface area contributed by atoms with Gasteiger partial charge in [0.2, 0.25) is 0 Å². The molecule has 21 heavy (non-hydrogen) atoms. The number of hydrogen-bond acceptors (Lipinski definition) is 2. The second-order valence-electron chi connectivity index (χ2n) is 6.42. The van der Waals surface area contributed by atoms with E-state index in [1.807, 2.05) is 33.1 Å². The lowest BCUT2D eigenvalue weighted by atomic mass is 9.74. The Morgan fingerprint density at radius 3 is 2.33 bits per heavy atom. The zero-order chi connectivity index (χ0) is 15.5. The molecule has 118 valence electrons. The van der Waals surface area contributed by atoms with Crippen LogP contribution in [0.25, 0.3) is 0 Å². The van der Waals surface area contributed by atoms with Crippen molar-refractivity contribution in [3.05, 3.63) is 34.6 Å². The molecule has 1 atom stereocenters. The fraction of sp³-hybridized carbons (Fsp3) is 0.667. The number of benzene rings is 1. The van der Waals surface area contributed by atoms with E-state index in [1.165, 1.54) is 12.0 Å². The van der Waals surface area contributed by atoms with Gasteiger partial charge in [0.05, 0.1) is 5.60 Å². The Kier molecular flexibility index (Phi) is 5.39. The Morgan fingerprint density at radius 2 is 1.90 bits per heavy atom. The monoisotopic (exact) mass is 293 g/mol. The molecule has 0 bridgehead atoms. The van der Waals surface area contributed by atoms with Crippen molar-refractivity contribution in [2.45, 2.75) is 64.5 Å². The minimum Gasteiger partial charge on any atom is -0.378 e. The van der Waals surface area contributed by atoms with Crippen LogP contribution in [0.1, 0.15) is 61.8 Å². The number of ether oxygens (including phenoxy) is 1. The first-order valence-electron chi connectivity index (χ1n) is 8.06. The Balaban J connectivity index is 2.22. The summed E-state index contributed by atoms with van der Waals surface area (Å²) in [6.45, 7) is 6.83. The van der Waals surface area contributed by atoms with Gasteiger partial charge in [-0.2, -0.15) is 0 Å². The van der Waals surface area contributed by atoms with Crippen LogP contribution in [-0.2, 0) is 4.74 Å². The molecule has 1 unspecified atom stereocenters. The Bertz CT molecular complexity index is 454. The predicted molar refractivity (Wildman–Crippen MR) is 85.1 cm³/mol. The molecule has 1 aliphatic carbocycles. The van der Waals surface area contributed by atoms with Crippen LogP contribution in [0.3, 0.4) is 0 Å². The molecule has 1 aliphatic rings. The van der Waals surface area contributed by atoms with Gasteiger partial charge in [-0.3, -0.25) is 0 Å². The lowest BCUT2D eigenvalue weighted by Crippen LogP contribution is -2.43. The molecule has 1 saturated carbocycles. The maximum atomic E-state index is 13.9. The molecule has 1 N–H and O–H groups in total. The molecule has 2 rings (SSSR count). The highest BCUT2D eigenvalue weighted by atomic mass is 19.1. The second kappa shape index (κ2) is 6.89. The van der Waals surface area contributed by atoms with Crippen LogP contribution >= 0.6 is 0 Å². The maximum absolute atomic E-state index is 13.9. The molecule has 3 heteroatoms. The molecule has 1 aromatic rings. The van der Waals surface area contributed by atoms with Gasteiger partial charge in [-0.15, -0.1) is 0 Å². The highest BCUT2D eigenvalue weighted by molar-refractivity contribution is 5.32. The summed E-state index contributed by atoms with van der Waals surface area (Å²) in [6.07, 6.45) is 5.57. The summed E-state index contributed by atoms with van der Waals surface area (Å²) in [5.41, 5.74) is 2.66. The van der Waals surface area contributed by atoms with E-state index in [9.17, 15) is 4.39 Å². The van der Waals surface area contributed by atoms with Gasteiger partial charge in [-0.1, -0.05) is 19.1 Å². The van der Waals surface area contributed by atoms with Crippen molar-refractivity contribution in [2.24, 2.45) is 0 Å². The summed E-state index contributed by atoms with van der Waals surface area (Å²) in [5.74, 6) is -0.0851. The van der Waals surface area contributed by atoms with Gasteiger partial charge in [-0.05, 0) is 69.2 Å². The Morgan fingerprint density at radius 1 is 1.29 bits per heavy atom. The first-order valence-corrected chi connectivity index (χ1v) is 8.06. The summed E-state index contributed by atoms with van der Waals surface area (Å²) >= 11 is 0. The molecular weight excluding hydrogens is 265 g/mol. The van der Waals surface area contributed by atoms with Gasteiger partial charge < -0.3 is 10.1 Å². The van der Waals surface area contributed by atoms with E-state index in [0.717, 1.165) is 43.4 Å². The van der Waals surface area contributed by atoms with Crippen LogP contribution in [0.15, 0.2) is 12.1 Å². The molecule has 0 saturated heterocycles. The summed E-state index contributed by atoms with van der Waals surface area (Å²) in [5, 5.41) is 3.62. The van der Waals surface area contributed by atoms with Crippen LogP contribution < -0.4 is 5.32 Å². The fourth-order valence-corrected chi connectivity index (χ4v) is 3.24. The molecule has 0 aliphatic heterocycles. The smallest absolute Gasteiger partial charge is 0.129 e. The zero-order valence-corrected chi connectivity index (χ0v) is 13.8. The van der Waals surface area contributed by atoms with E-state index in [-0.39, 0.29) is 17.5 Å². The summed E-state index contributed by atoms with van der Waals surface area (Å²) in [6, 6.07) is 4.21. The average molecular weight is 293 g/mol. The van der Waals surface area contributed by atoms with E-state index in [0.29, 0.717) is 0 Å². The lowest BCUT2D eigenvalue weighted by molar-refractivity contribution is -0.0838. The number of rotatable bonds is 7. The largest absolute Gasteiger partial charge is 0.378 e. The third-order valence-electron chi connectivity index (χ3n) is 4.78. The zero-order valence-electron chi connectivity index (χ0n) is 13.8. The van der Waals surface area contributed by atoms with Gasteiger partial charge in [0.25, 0.3) is 0 Å². The van der Waals surface area contributed by atoms with Crippen LogP contribution in [0, 0.1) is 19.7 Å². The molecule has 0 amide bonds. The lowest BCUT2D eigenvalue weighted by Gasteiger charge is -2.43. The molecule has 0 radical (unpaired) electrons. The summed E-state index contributed by atoms with van der Waals surface area (Å²) < 4.78 is 19.6. The molecule has 1 aromatic carbocycles. The Hall–Kier alpha value is -0.930. The van der Waals surface area contributed by atoms with Crippen molar-refractivity contribution in [1.82, 2.24) is 5.32 Å². The van der Waals surface area contributed by atoms with Gasteiger partial charge in [-0.25, -0.2) is 4.39 Å². The van der Waals surface area contributed by atoms with Crippen molar-refractivity contribution in [1.29, 1.82) is 0 Å². The summed E-state index contributed by atoms with van der Waals surface area (Å²) in [7, 11) is 1.82. The van der Waals surface area contributed by atoms with E-state index in [4.69, 9.17) is 4.74 Å². The number of aryl methyl sites for hydroxylation is 2. The van der Waals surface area contributed by atoms with Crippen LogP contribution in [0.4, 0.5) is 4.39 Å². The first-order chi connectivity index (χ1) is 10.0. The van der Waals surface area contributed by atoms with Gasteiger partial charge in [0.15, 0.2) is 0 Å². The molecule has 0 spiro atoms. The van der Waals surface area contributed by atoms with Crippen molar-refractivity contribution in [2.75, 3.05) is 13.7 Å². The molecule has 2 nitrogen and oxygen atoms in total. The van der Waals surface area contributed by atoms with Crippen LogP contribution in [0.2, 0.25) is 0 Å². The average Bonchev–Trinajstić information content (AvgIpc) is 2.43. The van der Waals surface area contributed by atoms with Crippen molar-refractivity contribution in [3.63, 3.8) is 0 Å². The Labute approximate surface area is 128 Å². The number of hydrogen-bond donors (Lipinski definition) is 1. The molecule has 0 aromatic heterocycles. The van der Waals surface area contributed by atoms with Gasteiger partial charge >= 0.3 is 0 Å². The third kappa shape index (κ3) is 3.64. The van der Waals surface area contributed by atoms with Crippen molar-refractivity contribution < 1.29 is 9.13 Å². The quantitative estimate of drug-likeness (QED) is 0.802. The molecule has 0 heterocycles. The molecule has 1 fully saturated rings. The third-order valence-corrected chi connectivity index (χ3v) is 4.78. The number of nitrogens with one attached hydrogen (secondary N) is 1. The minimum absolute atomic E-state index is 0.0155. The van der Waals surface area contributed by atoms with E-state index in [1.54, 1.807) is 0 Å². The second-order valence-corrected chi connectivity index (χ2v) is 6.42. The minimum atomic E-state index is -0.0851. The highest BCUT2D eigenvalue weighted by Gasteiger charge is 2.39. The predicted octanol–water partition coefficient (Wildman–Crippen LogP) is 4.44. The number of halogens is 1. The number of methoxy groups -OCH3 is 1. The van der Waals surface area contributed by atoms with Crippen molar-refractivity contribution >= 4 is 0 Å². The maximum Gasteiger partial charge on any atom is 0.129 e. The topological polar surface area (TPSA) is 21.3 Å². The standard InChI is InChI=1S/C18H28FNO/c1-5-9-20-16(12-18(21-4)7-6-8-18)15-10-13(2)17(19)14(3)11-15/h10-11,16,20H,5-9,12H2,1-4H3. The van der Waals surface area contributed by atoms with Gasteiger partial charge in [0, 0.05) is 13.2 Å². The van der Waals surface area contributed by atoms with Crippen molar-refractivity contribution in [3.8, 4) is 0 Å². The summed E-state index contributed by atoms with van der Waals surface area (Å²) in [4.78, 5) is 0. The first kappa shape index (κ1) is 16.4. The SMILES string of the molecule is CCCNC(CC1(OC)CCC1)c1cc(C)c(F)c(C)c1. The fourth-order valence-electron chi connectivity index (χ4n) is 3.24. The van der Waals surface area contributed by atoms with E-state index >= 15 is 0 Å². The molecular formula is C18H28FNO. The van der Waals surface area contributed by atoms with Crippen LogP contribution in [0.5, 0.6) is 0 Å². The normalized spacial score (nSPS) is 18.3. The van der Waals surface area contributed by atoms with Gasteiger partial charge in [0.1, 0.15) is 5.82 Å².